The van der Waals surface area contributed by atoms with E-state index in [1.807, 2.05) is 53.2 Å². The zero-order valence-corrected chi connectivity index (χ0v) is 23.9. The molecular formula is C29H34N2O7S2. The Balaban J connectivity index is 1.38. The molecule has 1 aliphatic heterocycles. The Bertz CT molecular complexity index is 1340. The van der Waals surface area contributed by atoms with Crippen LogP contribution in [0, 0.1) is 0 Å². The second-order valence-corrected chi connectivity index (χ2v) is 11.9. The summed E-state index contributed by atoms with van der Waals surface area (Å²) in [7, 11) is -2.37. The lowest BCUT2D eigenvalue weighted by molar-refractivity contribution is -0.146. The third-order valence-electron chi connectivity index (χ3n) is 6.49. The zero-order valence-electron chi connectivity index (χ0n) is 22.3. The number of nitrogens with one attached hydrogen (secondary N) is 1. The smallest absolute Gasteiger partial charge is 0.286 e. The van der Waals surface area contributed by atoms with Crippen LogP contribution in [0.5, 0.6) is 5.75 Å². The van der Waals surface area contributed by atoms with Gasteiger partial charge in [0.25, 0.3) is 5.91 Å². The molecule has 2 N–H and O–H groups in total. The molecule has 0 saturated heterocycles. The monoisotopic (exact) mass is 586 g/mol. The van der Waals surface area contributed by atoms with Gasteiger partial charge in [-0.1, -0.05) is 30.3 Å². The van der Waals surface area contributed by atoms with Gasteiger partial charge in [-0.05, 0) is 64.7 Å². The largest absolute Gasteiger partial charge is 0.497 e. The Hall–Kier alpha value is -3.22. The van der Waals surface area contributed by atoms with E-state index in [9.17, 15) is 18.3 Å². The van der Waals surface area contributed by atoms with Gasteiger partial charge in [-0.15, -0.1) is 0 Å². The van der Waals surface area contributed by atoms with Crippen molar-refractivity contribution in [3.63, 3.8) is 0 Å². The molecule has 214 valence electrons. The summed E-state index contributed by atoms with van der Waals surface area (Å²) >= 11 is 1.57. The Labute approximate surface area is 239 Å². The second-order valence-electron chi connectivity index (χ2n) is 9.14. The van der Waals surface area contributed by atoms with Crippen LogP contribution < -0.4 is 10.1 Å². The third-order valence-corrected chi connectivity index (χ3v) is 9.10. The number of benzene rings is 2. The summed E-state index contributed by atoms with van der Waals surface area (Å²) in [6.07, 6.45) is 2.23. The Kier molecular flexibility index (Phi) is 10.7. The Morgan fingerprint density at radius 1 is 1.12 bits per heavy atom. The number of amides is 1. The molecule has 4 rings (SSSR count). The Morgan fingerprint density at radius 2 is 1.90 bits per heavy atom. The van der Waals surface area contributed by atoms with Crippen molar-refractivity contribution in [2.24, 2.45) is 0 Å². The SMILES string of the molecule is COc1ccc(S(=O)(=O)N(CCO)CCO[C@@H]2C[C@H](c3ccsc3)C=C(C(=O)NCCc3ccccc3)O2)cc1. The lowest BCUT2D eigenvalue weighted by atomic mass is 9.95. The molecule has 1 aliphatic rings. The normalized spacial score (nSPS) is 17.2. The summed E-state index contributed by atoms with van der Waals surface area (Å²) in [4.78, 5) is 13.1. The number of thiophene rings is 1. The number of nitrogens with zero attached hydrogens (tertiary/aromatic N) is 1. The van der Waals surface area contributed by atoms with Gasteiger partial charge < -0.3 is 24.6 Å². The van der Waals surface area contributed by atoms with Crippen molar-refractivity contribution in [2.45, 2.75) is 29.9 Å². The first-order valence-corrected chi connectivity index (χ1v) is 15.4. The summed E-state index contributed by atoms with van der Waals surface area (Å²) in [6, 6.07) is 17.9. The van der Waals surface area contributed by atoms with E-state index in [0.29, 0.717) is 25.1 Å². The minimum absolute atomic E-state index is 0.000218. The van der Waals surface area contributed by atoms with Gasteiger partial charge in [0.2, 0.25) is 16.3 Å². The van der Waals surface area contributed by atoms with E-state index < -0.39 is 16.3 Å². The van der Waals surface area contributed by atoms with Crippen LogP contribution in [0.15, 0.2) is 88.2 Å². The van der Waals surface area contributed by atoms with Gasteiger partial charge in [0.05, 0.1) is 25.2 Å². The standard InChI is InChI=1S/C29H34N2O7S2/c1-36-25-7-9-26(10-8-25)40(34,35)31(14-16-32)15-17-37-28-20-24(23-12-18-39-21-23)19-27(38-28)29(33)30-13-11-22-5-3-2-4-6-22/h2-10,12,18-19,21,24,28,32H,11,13-17,20H2,1H3,(H,30,33)/t24-,28+/m1/s1. The number of carbonyl (C=O) groups excluding carboxylic acids is 1. The van der Waals surface area contributed by atoms with E-state index in [1.54, 1.807) is 23.5 Å². The van der Waals surface area contributed by atoms with Crippen molar-refractivity contribution >= 4 is 27.3 Å². The van der Waals surface area contributed by atoms with Crippen molar-refractivity contribution in [1.29, 1.82) is 0 Å². The number of methoxy groups -OCH3 is 1. The first-order chi connectivity index (χ1) is 19.4. The number of sulfonamides is 1. The highest BCUT2D eigenvalue weighted by Crippen LogP contribution is 2.32. The van der Waals surface area contributed by atoms with Crippen LogP contribution >= 0.6 is 11.3 Å². The minimum Gasteiger partial charge on any atom is -0.497 e. The predicted octanol–water partition coefficient (Wildman–Crippen LogP) is 3.53. The predicted molar refractivity (Wildman–Crippen MR) is 153 cm³/mol. The van der Waals surface area contributed by atoms with E-state index >= 15 is 0 Å². The molecule has 0 aliphatic carbocycles. The highest BCUT2D eigenvalue weighted by Gasteiger charge is 2.30. The minimum atomic E-state index is -3.87. The van der Waals surface area contributed by atoms with Crippen LogP contribution in [0.4, 0.5) is 0 Å². The first kappa shape index (κ1) is 29.8. The molecule has 2 atom stereocenters. The topological polar surface area (TPSA) is 114 Å². The lowest BCUT2D eigenvalue weighted by Crippen LogP contribution is -2.38. The molecule has 0 bridgehead atoms. The number of hydrogen-bond donors (Lipinski definition) is 2. The molecule has 0 spiro atoms. The molecule has 40 heavy (non-hydrogen) atoms. The van der Waals surface area contributed by atoms with Crippen LogP contribution in [-0.2, 0) is 30.7 Å². The van der Waals surface area contributed by atoms with Gasteiger partial charge >= 0.3 is 0 Å². The molecule has 0 saturated carbocycles. The van der Waals surface area contributed by atoms with Crippen molar-refractivity contribution < 1.29 is 32.5 Å². The first-order valence-electron chi connectivity index (χ1n) is 13.0. The third kappa shape index (κ3) is 7.92. The quantitative estimate of drug-likeness (QED) is 0.297. The zero-order chi connectivity index (χ0) is 28.4. The van der Waals surface area contributed by atoms with E-state index in [2.05, 4.69) is 5.32 Å². The average molecular weight is 587 g/mol. The highest BCUT2D eigenvalue weighted by atomic mass is 32.2. The molecule has 2 heterocycles. The summed E-state index contributed by atoms with van der Waals surface area (Å²) in [6.45, 7) is 0.0401. The van der Waals surface area contributed by atoms with Gasteiger partial charge in [0.1, 0.15) is 5.75 Å². The van der Waals surface area contributed by atoms with Gasteiger partial charge in [-0.25, -0.2) is 8.42 Å². The molecule has 0 radical (unpaired) electrons. The van der Waals surface area contributed by atoms with Gasteiger partial charge in [0, 0.05) is 32.0 Å². The van der Waals surface area contributed by atoms with Crippen LogP contribution in [-0.4, -0.2) is 70.0 Å². The molecule has 11 heteroatoms. The average Bonchev–Trinajstić information content (AvgIpc) is 3.52. The van der Waals surface area contributed by atoms with Crippen LogP contribution in [0.1, 0.15) is 23.5 Å². The summed E-state index contributed by atoms with van der Waals surface area (Å²) in [5, 5.41) is 16.4. The van der Waals surface area contributed by atoms with Crippen LogP contribution in [0.3, 0.4) is 0 Å². The fourth-order valence-electron chi connectivity index (χ4n) is 4.34. The van der Waals surface area contributed by atoms with Crippen LogP contribution in [0.25, 0.3) is 0 Å². The Morgan fingerprint density at radius 3 is 2.58 bits per heavy atom. The molecule has 3 aromatic rings. The number of carbonyl (C=O) groups is 1. The number of aliphatic hydroxyl groups is 1. The van der Waals surface area contributed by atoms with Gasteiger partial charge in [-0.2, -0.15) is 15.6 Å². The molecule has 1 aromatic heterocycles. The fraction of sp³-hybridized carbons (Fsp3) is 0.345. The van der Waals surface area contributed by atoms with E-state index in [-0.39, 0.29) is 48.8 Å². The lowest BCUT2D eigenvalue weighted by Gasteiger charge is -2.30. The molecule has 0 fully saturated rings. The number of ether oxygens (including phenoxy) is 3. The summed E-state index contributed by atoms with van der Waals surface area (Å²) in [5.41, 5.74) is 2.18. The van der Waals surface area contributed by atoms with E-state index in [0.717, 1.165) is 11.1 Å². The van der Waals surface area contributed by atoms with Crippen molar-refractivity contribution in [1.82, 2.24) is 9.62 Å². The molecule has 0 unspecified atom stereocenters. The summed E-state index contributed by atoms with van der Waals surface area (Å²) < 4.78 is 44.5. The number of allylic oxidation sites excluding steroid dienone is 1. The van der Waals surface area contributed by atoms with Crippen molar-refractivity contribution in [2.75, 3.05) is 40.0 Å². The maximum absolute atomic E-state index is 13.2. The summed E-state index contributed by atoms with van der Waals surface area (Å²) in [5.74, 6) is 0.307. The fourth-order valence-corrected chi connectivity index (χ4v) is 6.48. The molecule has 9 nitrogen and oxygen atoms in total. The molecular weight excluding hydrogens is 552 g/mol. The van der Waals surface area contributed by atoms with E-state index in [1.165, 1.54) is 23.5 Å². The number of rotatable bonds is 14. The number of hydrogen-bond acceptors (Lipinski definition) is 8. The maximum Gasteiger partial charge on any atom is 0.286 e. The van der Waals surface area contributed by atoms with Gasteiger partial charge in [0.15, 0.2) is 5.76 Å². The maximum atomic E-state index is 13.2. The van der Waals surface area contributed by atoms with Crippen molar-refractivity contribution in [3.8, 4) is 5.75 Å². The number of aliphatic hydroxyl groups excluding tert-OH is 1. The molecule has 1 amide bonds. The highest BCUT2D eigenvalue weighted by molar-refractivity contribution is 7.89. The van der Waals surface area contributed by atoms with Crippen molar-refractivity contribution in [3.05, 3.63) is 94.4 Å². The van der Waals surface area contributed by atoms with Crippen LogP contribution in [0.2, 0.25) is 0 Å². The van der Waals surface area contributed by atoms with E-state index in [4.69, 9.17) is 14.2 Å². The second kappa shape index (κ2) is 14.4. The van der Waals surface area contributed by atoms with Gasteiger partial charge in [-0.3, -0.25) is 4.79 Å². The molecule has 2 aromatic carbocycles.